The molecule has 1 aromatic heterocycles. The second-order valence-electron chi connectivity index (χ2n) is 2.53. The Morgan fingerprint density at radius 1 is 1.36 bits per heavy atom. The second kappa shape index (κ2) is 2.65. The van der Waals surface area contributed by atoms with Crippen LogP contribution in [0.3, 0.4) is 0 Å². The highest BCUT2D eigenvalue weighted by molar-refractivity contribution is 5.75. The van der Waals surface area contributed by atoms with Crippen LogP contribution in [0.15, 0.2) is 12.3 Å². The van der Waals surface area contributed by atoms with E-state index >= 15 is 0 Å². The molecule has 0 spiro atoms. The van der Waals surface area contributed by atoms with Gasteiger partial charge in [-0.3, -0.25) is 0 Å². The second-order valence-corrected chi connectivity index (χ2v) is 2.53. The maximum atomic E-state index is 5.65. The molecule has 4 N–H and O–H groups in total. The Balaban J connectivity index is 3.17. The van der Waals surface area contributed by atoms with Crippen LogP contribution in [-0.2, 0) is 0 Å². The van der Waals surface area contributed by atoms with Crippen LogP contribution < -0.4 is 16.4 Å². The van der Waals surface area contributed by atoms with Crippen molar-refractivity contribution in [1.82, 2.24) is 4.98 Å². The quantitative estimate of drug-likeness (QED) is 0.607. The molecule has 0 unspecified atom stereocenters. The monoisotopic (exact) mass is 152 g/mol. The molecule has 0 amide bonds. The lowest BCUT2D eigenvalue weighted by Gasteiger charge is -2.14. The van der Waals surface area contributed by atoms with Crippen LogP contribution in [0.25, 0.3) is 0 Å². The molecule has 0 bridgehead atoms. The number of aromatic nitrogens is 1. The number of rotatable bonds is 1. The molecule has 0 saturated carbocycles. The standard InChI is InChI=1S/C7H12N4/c1-11(2)7-6(9)5(8)3-4-10-7/h3-4H,9H2,1-2H3,(H2,8,10). The Labute approximate surface area is 65.8 Å². The largest absolute Gasteiger partial charge is 0.397 e. The summed E-state index contributed by atoms with van der Waals surface area (Å²) in [5, 5.41) is 0. The molecular formula is C7H12N4. The molecule has 4 heteroatoms. The van der Waals surface area contributed by atoms with Gasteiger partial charge in [0.15, 0.2) is 5.82 Å². The third-order valence-corrected chi connectivity index (χ3v) is 1.43. The van der Waals surface area contributed by atoms with Gasteiger partial charge in [0.25, 0.3) is 0 Å². The lowest BCUT2D eigenvalue weighted by molar-refractivity contribution is 1.07. The number of anilines is 3. The summed E-state index contributed by atoms with van der Waals surface area (Å²) in [5.74, 6) is 0.713. The average Bonchev–Trinajstić information content (AvgIpc) is 1.94. The molecule has 4 nitrogen and oxygen atoms in total. The van der Waals surface area contributed by atoms with Crippen molar-refractivity contribution >= 4 is 17.2 Å². The molecule has 0 atom stereocenters. The lowest BCUT2D eigenvalue weighted by atomic mass is 10.3. The van der Waals surface area contributed by atoms with Crippen LogP contribution in [0.2, 0.25) is 0 Å². The molecule has 1 rings (SSSR count). The minimum absolute atomic E-state index is 0.539. The fourth-order valence-electron chi connectivity index (χ4n) is 0.833. The zero-order valence-corrected chi connectivity index (χ0v) is 6.70. The highest BCUT2D eigenvalue weighted by Gasteiger charge is 2.03. The predicted octanol–water partition coefficient (Wildman–Crippen LogP) is 0.312. The van der Waals surface area contributed by atoms with Crippen LogP contribution >= 0.6 is 0 Å². The number of pyridine rings is 1. The van der Waals surface area contributed by atoms with E-state index < -0.39 is 0 Å². The van der Waals surface area contributed by atoms with Gasteiger partial charge < -0.3 is 16.4 Å². The minimum Gasteiger partial charge on any atom is -0.397 e. The van der Waals surface area contributed by atoms with Gasteiger partial charge in [0.2, 0.25) is 0 Å². The SMILES string of the molecule is CN(C)c1nccc(N)c1N. The molecule has 0 radical (unpaired) electrons. The van der Waals surface area contributed by atoms with E-state index in [-0.39, 0.29) is 0 Å². The van der Waals surface area contributed by atoms with Crippen molar-refractivity contribution in [3.8, 4) is 0 Å². The molecule has 0 aliphatic rings. The smallest absolute Gasteiger partial charge is 0.153 e. The minimum atomic E-state index is 0.539. The lowest BCUT2D eigenvalue weighted by Crippen LogP contribution is -2.13. The van der Waals surface area contributed by atoms with Crippen molar-refractivity contribution in [3.05, 3.63) is 12.3 Å². The summed E-state index contributed by atoms with van der Waals surface area (Å²) < 4.78 is 0. The third kappa shape index (κ3) is 1.34. The van der Waals surface area contributed by atoms with Gasteiger partial charge in [0.1, 0.15) is 0 Å². The highest BCUT2D eigenvalue weighted by atomic mass is 15.1. The van der Waals surface area contributed by atoms with E-state index in [1.54, 1.807) is 12.3 Å². The topological polar surface area (TPSA) is 68.2 Å². The third-order valence-electron chi connectivity index (χ3n) is 1.43. The fraction of sp³-hybridized carbons (Fsp3) is 0.286. The van der Waals surface area contributed by atoms with Gasteiger partial charge in [-0.15, -0.1) is 0 Å². The van der Waals surface area contributed by atoms with E-state index in [1.807, 2.05) is 19.0 Å². The van der Waals surface area contributed by atoms with Crippen molar-refractivity contribution in [1.29, 1.82) is 0 Å². The normalized spacial score (nSPS) is 9.64. The zero-order valence-electron chi connectivity index (χ0n) is 6.70. The molecule has 0 aliphatic heterocycles. The van der Waals surface area contributed by atoms with Crippen molar-refractivity contribution < 1.29 is 0 Å². The first-order valence-electron chi connectivity index (χ1n) is 3.30. The first-order chi connectivity index (χ1) is 5.13. The van der Waals surface area contributed by atoms with Crippen LogP contribution in [0.5, 0.6) is 0 Å². The molecule has 60 valence electrons. The maximum absolute atomic E-state index is 5.65. The van der Waals surface area contributed by atoms with E-state index in [9.17, 15) is 0 Å². The summed E-state index contributed by atoms with van der Waals surface area (Å²) >= 11 is 0. The molecule has 0 saturated heterocycles. The number of nitrogens with two attached hydrogens (primary N) is 2. The van der Waals surface area contributed by atoms with Crippen molar-refractivity contribution in [2.45, 2.75) is 0 Å². The average molecular weight is 152 g/mol. The number of hydrogen-bond acceptors (Lipinski definition) is 4. The summed E-state index contributed by atoms with van der Waals surface area (Å²) in [6.07, 6.45) is 1.64. The molecule has 0 aliphatic carbocycles. The van der Waals surface area contributed by atoms with Crippen molar-refractivity contribution in [2.75, 3.05) is 30.5 Å². The van der Waals surface area contributed by atoms with Gasteiger partial charge in [-0.1, -0.05) is 0 Å². The van der Waals surface area contributed by atoms with Gasteiger partial charge in [-0.05, 0) is 6.07 Å². The predicted molar refractivity (Wildman–Crippen MR) is 47.4 cm³/mol. The summed E-state index contributed by atoms with van der Waals surface area (Å²) in [4.78, 5) is 5.88. The van der Waals surface area contributed by atoms with Gasteiger partial charge >= 0.3 is 0 Å². The van der Waals surface area contributed by atoms with E-state index in [2.05, 4.69) is 4.98 Å². The van der Waals surface area contributed by atoms with E-state index in [4.69, 9.17) is 11.5 Å². The summed E-state index contributed by atoms with van der Waals surface area (Å²) in [7, 11) is 3.75. The van der Waals surface area contributed by atoms with Crippen molar-refractivity contribution in [3.63, 3.8) is 0 Å². The van der Waals surface area contributed by atoms with Crippen LogP contribution in [-0.4, -0.2) is 19.1 Å². The van der Waals surface area contributed by atoms with Gasteiger partial charge in [0.05, 0.1) is 11.4 Å². The number of nitrogen functional groups attached to an aromatic ring is 2. The molecule has 11 heavy (non-hydrogen) atoms. The maximum Gasteiger partial charge on any atom is 0.153 e. The zero-order chi connectivity index (χ0) is 8.43. The van der Waals surface area contributed by atoms with Crippen LogP contribution in [0, 0.1) is 0 Å². The highest BCUT2D eigenvalue weighted by Crippen LogP contribution is 2.23. The summed E-state index contributed by atoms with van der Waals surface area (Å²) in [6, 6.07) is 1.68. The van der Waals surface area contributed by atoms with Gasteiger partial charge in [0, 0.05) is 20.3 Å². The fourth-order valence-corrected chi connectivity index (χ4v) is 0.833. The first kappa shape index (κ1) is 7.65. The Bertz CT molecular complexity index is 257. The molecular weight excluding hydrogens is 140 g/mol. The van der Waals surface area contributed by atoms with Gasteiger partial charge in [-0.2, -0.15) is 0 Å². The molecule has 1 aromatic rings. The summed E-state index contributed by atoms with van der Waals surface area (Å²) in [6.45, 7) is 0. The number of nitrogens with zero attached hydrogens (tertiary/aromatic N) is 2. The van der Waals surface area contributed by atoms with E-state index in [0.29, 0.717) is 17.2 Å². The van der Waals surface area contributed by atoms with E-state index in [0.717, 1.165) is 0 Å². The summed E-state index contributed by atoms with van der Waals surface area (Å²) in [5.41, 5.74) is 12.3. The Morgan fingerprint density at radius 2 is 2.00 bits per heavy atom. The van der Waals surface area contributed by atoms with E-state index in [1.165, 1.54) is 0 Å². The van der Waals surface area contributed by atoms with Gasteiger partial charge in [-0.25, -0.2) is 4.98 Å². The Hall–Kier alpha value is -1.45. The molecule has 0 fully saturated rings. The Kier molecular flexibility index (Phi) is 1.85. The van der Waals surface area contributed by atoms with Crippen molar-refractivity contribution in [2.24, 2.45) is 0 Å². The van der Waals surface area contributed by atoms with Crippen LogP contribution in [0.4, 0.5) is 17.2 Å². The Morgan fingerprint density at radius 3 is 2.45 bits per heavy atom. The first-order valence-corrected chi connectivity index (χ1v) is 3.30. The molecule has 1 heterocycles. The molecule has 0 aromatic carbocycles. The number of hydrogen-bond donors (Lipinski definition) is 2. The van der Waals surface area contributed by atoms with Crippen LogP contribution in [0.1, 0.15) is 0 Å².